The fourth-order valence-electron chi connectivity index (χ4n) is 0.893. The predicted molar refractivity (Wildman–Crippen MR) is 41.1 cm³/mol. The Bertz CT molecular complexity index is 161. The molecule has 0 aromatic carbocycles. The van der Waals surface area contributed by atoms with Crippen LogP contribution < -0.4 is 0 Å². The fraction of sp³-hybridized carbons (Fsp3) is 0.875. The summed E-state index contributed by atoms with van der Waals surface area (Å²) in [5.74, 6) is -1.18. The van der Waals surface area contributed by atoms with Crippen molar-refractivity contribution in [3.05, 3.63) is 0 Å². The van der Waals surface area contributed by atoms with Gasteiger partial charge in [-0.1, -0.05) is 13.8 Å². The van der Waals surface area contributed by atoms with Gasteiger partial charge in [0.2, 0.25) is 0 Å². The molecule has 0 fully saturated rings. The van der Waals surface area contributed by atoms with Gasteiger partial charge in [0.05, 0.1) is 5.92 Å². The summed E-state index contributed by atoms with van der Waals surface area (Å²) < 4.78 is 38.9. The average Bonchev–Trinajstić information content (AvgIpc) is 2.02. The second-order valence-corrected chi connectivity index (χ2v) is 2.74. The Labute approximate surface area is 75.1 Å². The first-order valence-electron chi connectivity index (χ1n) is 4.14. The predicted octanol–water partition coefficient (Wildman–Crippen LogP) is 2.53. The van der Waals surface area contributed by atoms with E-state index in [9.17, 15) is 18.0 Å². The molecule has 0 heterocycles. The van der Waals surface area contributed by atoms with Gasteiger partial charge in [0, 0.05) is 0 Å². The molecule has 0 radical (unpaired) electrons. The van der Waals surface area contributed by atoms with Crippen LogP contribution in [0.5, 0.6) is 0 Å². The number of carbonyl (C=O) groups excluding carboxylic acids is 1. The molecule has 0 amide bonds. The van der Waals surface area contributed by atoms with E-state index < -0.39 is 24.7 Å². The number of alkyl halides is 3. The maximum Gasteiger partial charge on any atom is 0.422 e. The molecule has 5 heteroatoms. The highest BCUT2D eigenvalue weighted by molar-refractivity contribution is 5.72. The zero-order valence-corrected chi connectivity index (χ0v) is 7.65. The topological polar surface area (TPSA) is 26.3 Å². The van der Waals surface area contributed by atoms with E-state index in [-0.39, 0.29) is 0 Å². The number of rotatable bonds is 4. The van der Waals surface area contributed by atoms with Crippen LogP contribution >= 0.6 is 0 Å². The van der Waals surface area contributed by atoms with Crippen LogP contribution in [0, 0.1) is 5.92 Å². The van der Waals surface area contributed by atoms with Crippen molar-refractivity contribution in [1.82, 2.24) is 0 Å². The van der Waals surface area contributed by atoms with E-state index in [0.29, 0.717) is 12.8 Å². The Morgan fingerprint density at radius 3 is 2.08 bits per heavy atom. The van der Waals surface area contributed by atoms with Gasteiger partial charge in [0.1, 0.15) is 0 Å². The van der Waals surface area contributed by atoms with Crippen molar-refractivity contribution in [3.63, 3.8) is 0 Å². The minimum absolute atomic E-state index is 0.414. The largest absolute Gasteiger partial charge is 0.456 e. The highest BCUT2D eigenvalue weighted by Crippen LogP contribution is 2.17. The molecule has 13 heavy (non-hydrogen) atoms. The molecule has 0 unspecified atom stereocenters. The molecule has 0 aliphatic carbocycles. The first-order valence-corrected chi connectivity index (χ1v) is 4.14. The molecule has 0 saturated heterocycles. The van der Waals surface area contributed by atoms with E-state index in [0.717, 1.165) is 0 Å². The van der Waals surface area contributed by atoms with Gasteiger partial charge in [-0.15, -0.1) is 0 Å². The molecule has 0 bridgehead atoms. The first-order chi connectivity index (χ1) is 5.90. The SMILES string of the molecule is CCC(CC)C(=O)OCC(F)(F)F. The molecule has 0 saturated carbocycles. The number of carbonyl (C=O) groups is 1. The Morgan fingerprint density at radius 2 is 1.77 bits per heavy atom. The zero-order valence-electron chi connectivity index (χ0n) is 7.65. The minimum atomic E-state index is -4.43. The molecule has 2 nitrogen and oxygen atoms in total. The summed E-state index contributed by atoms with van der Waals surface area (Å²) in [4.78, 5) is 10.9. The lowest BCUT2D eigenvalue weighted by Gasteiger charge is -2.12. The maximum atomic E-state index is 11.6. The maximum absolute atomic E-state index is 11.6. The molecule has 0 rings (SSSR count). The van der Waals surface area contributed by atoms with Gasteiger partial charge < -0.3 is 4.74 Å². The average molecular weight is 198 g/mol. The van der Waals surface area contributed by atoms with Crippen LogP contribution in [0.15, 0.2) is 0 Å². The number of halogens is 3. The van der Waals surface area contributed by atoms with Gasteiger partial charge in [-0.2, -0.15) is 13.2 Å². The van der Waals surface area contributed by atoms with E-state index in [1.165, 1.54) is 0 Å². The number of ether oxygens (including phenoxy) is 1. The summed E-state index contributed by atoms with van der Waals surface area (Å²) >= 11 is 0. The smallest absolute Gasteiger partial charge is 0.422 e. The Kier molecular flexibility index (Phi) is 4.80. The van der Waals surface area contributed by atoms with Crippen LogP contribution in [0.1, 0.15) is 26.7 Å². The lowest BCUT2D eigenvalue weighted by atomic mass is 10.0. The monoisotopic (exact) mass is 198 g/mol. The van der Waals surface area contributed by atoms with Crippen LogP contribution in [0.2, 0.25) is 0 Å². The summed E-state index contributed by atoms with van der Waals surface area (Å²) in [6, 6.07) is 0. The van der Waals surface area contributed by atoms with Crippen molar-refractivity contribution < 1.29 is 22.7 Å². The lowest BCUT2D eigenvalue weighted by Crippen LogP contribution is -2.24. The fourth-order valence-corrected chi connectivity index (χ4v) is 0.893. The summed E-state index contributed by atoms with van der Waals surface area (Å²) in [7, 11) is 0. The summed E-state index contributed by atoms with van der Waals surface area (Å²) in [6.07, 6.45) is -3.41. The third-order valence-corrected chi connectivity index (χ3v) is 1.70. The molecule has 0 N–H and O–H groups in total. The molecule has 0 atom stereocenters. The van der Waals surface area contributed by atoms with Crippen molar-refractivity contribution in [3.8, 4) is 0 Å². The van der Waals surface area contributed by atoms with Crippen molar-refractivity contribution in [2.24, 2.45) is 5.92 Å². The molecule has 0 aromatic rings. The summed E-state index contributed by atoms with van der Waals surface area (Å²) in [5.41, 5.74) is 0. The van der Waals surface area contributed by atoms with E-state index >= 15 is 0 Å². The van der Waals surface area contributed by atoms with E-state index in [1.54, 1.807) is 13.8 Å². The molecule has 0 aromatic heterocycles. The Balaban J connectivity index is 3.86. The second-order valence-electron chi connectivity index (χ2n) is 2.74. The summed E-state index contributed by atoms with van der Waals surface area (Å²) in [6.45, 7) is 1.99. The van der Waals surface area contributed by atoms with Crippen molar-refractivity contribution >= 4 is 5.97 Å². The third kappa shape index (κ3) is 5.49. The summed E-state index contributed by atoms with van der Waals surface area (Å²) in [5, 5.41) is 0. The molecule has 78 valence electrons. The second kappa shape index (κ2) is 5.09. The van der Waals surface area contributed by atoms with Gasteiger partial charge in [0.25, 0.3) is 0 Å². The third-order valence-electron chi connectivity index (χ3n) is 1.70. The van der Waals surface area contributed by atoms with Gasteiger partial charge >= 0.3 is 12.1 Å². The van der Waals surface area contributed by atoms with E-state index in [1.807, 2.05) is 0 Å². The van der Waals surface area contributed by atoms with Crippen molar-refractivity contribution in [2.45, 2.75) is 32.9 Å². The van der Waals surface area contributed by atoms with Crippen LogP contribution in [-0.4, -0.2) is 18.8 Å². The molecule has 0 aliphatic heterocycles. The van der Waals surface area contributed by atoms with Crippen LogP contribution in [0.25, 0.3) is 0 Å². The van der Waals surface area contributed by atoms with E-state index in [2.05, 4.69) is 4.74 Å². The molecule has 0 aliphatic rings. The first kappa shape index (κ1) is 12.3. The highest BCUT2D eigenvalue weighted by Gasteiger charge is 2.30. The van der Waals surface area contributed by atoms with Crippen molar-refractivity contribution in [1.29, 1.82) is 0 Å². The number of esters is 1. The van der Waals surface area contributed by atoms with Crippen LogP contribution in [0.4, 0.5) is 13.2 Å². The zero-order chi connectivity index (χ0) is 10.5. The van der Waals surface area contributed by atoms with Gasteiger partial charge in [-0.05, 0) is 12.8 Å². The minimum Gasteiger partial charge on any atom is -0.456 e. The highest BCUT2D eigenvalue weighted by atomic mass is 19.4. The van der Waals surface area contributed by atoms with E-state index in [4.69, 9.17) is 0 Å². The van der Waals surface area contributed by atoms with Gasteiger partial charge in [-0.3, -0.25) is 4.79 Å². The molecular weight excluding hydrogens is 185 g/mol. The lowest BCUT2D eigenvalue weighted by molar-refractivity contribution is -0.189. The normalized spacial score (nSPS) is 11.8. The standard InChI is InChI=1S/C8H13F3O2/c1-3-6(4-2)7(12)13-5-8(9,10)11/h6H,3-5H2,1-2H3. The number of hydrogen-bond donors (Lipinski definition) is 0. The van der Waals surface area contributed by atoms with Crippen LogP contribution in [0.3, 0.4) is 0 Å². The van der Waals surface area contributed by atoms with Gasteiger partial charge in [-0.25, -0.2) is 0 Å². The number of hydrogen-bond acceptors (Lipinski definition) is 2. The molecule has 0 spiro atoms. The quantitative estimate of drug-likeness (QED) is 0.649. The Hall–Kier alpha value is -0.740. The molecular formula is C8H13F3O2. The van der Waals surface area contributed by atoms with Gasteiger partial charge in [0.15, 0.2) is 6.61 Å². The Morgan fingerprint density at radius 1 is 1.31 bits per heavy atom. The van der Waals surface area contributed by atoms with Crippen molar-refractivity contribution in [2.75, 3.05) is 6.61 Å². The van der Waals surface area contributed by atoms with Crippen LogP contribution in [-0.2, 0) is 9.53 Å².